The molecule has 8 heteroatoms. The third-order valence-electron chi connectivity index (χ3n) is 4.88. The van der Waals surface area contributed by atoms with Gasteiger partial charge in [0.15, 0.2) is 10.9 Å². The number of thioether (sulfide) groups is 1. The van der Waals surface area contributed by atoms with E-state index in [1.165, 1.54) is 34.1 Å². The summed E-state index contributed by atoms with van der Waals surface area (Å²) in [6.07, 6.45) is 1.55. The summed E-state index contributed by atoms with van der Waals surface area (Å²) in [7, 11) is 0. The molecule has 5 rings (SSSR count). The zero-order chi connectivity index (χ0) is 22.2. The van der Waals surface area contributed by atoms with Crippen molar-refractivity contribution in [3.05, 3.63) is 88.7 Å². The molecule has 6 nitrogen and oxygen atoms in total. The molecule has 1 aromatic heterocycles. The first-order valence-corrected chi connectivity index (χ1v) is 11.5. The van der Waals surface area contributed by atoms with Gasteiger partial charge in [0.1, 0.15) is 10.8 Å². The summed E-state index contributed by atoms with van der Waals surface area (Å²) in [5, 5.41) is 16.3. The highest BCUT2D eigenvalue weighted by atomic mass is 32.2. The minimum Gasteiger partial charge on any atom is -0.450 e. The van der Waals surface area contributed by atoms with Crippen molar-refractivity contribution in [2.75, 3.05) is 0 Å². The molecule has 3 heterocycles. The first-order valence-electron chi connectivity index (χ1n) is 9.88. The van der Waals surface area contributed by atoms with Gasteiger partial charge in [0.25, 0.3) is 5.91 Å². The minimum absolute atomic E-state index is 0.0150. The van der Waals surface area contributed by atoms with Crippen LogP contribution in [0.2, 0.25) is 0 Å². The molecule has 3 aromatic rings. The Morgan fingerprint density at radius 2 is 1.69 bits per heavy atom. The average molecular weight is 459 g/mol. The van der Waals surface area contributed by atoms with Gasteiger partial charge in [-0.3, -0.25) is 10.2 Å². The van der Waals surface area contributed by atoms with Crippen molar-refractivity contribution >= 4 is 51.6 Å². The summed E-state index contributed by atoms with van der Waals surface area (Å²) in [5.41, 5.74) is 3.41. The molecule has 0 saturated heterocycles. The Kier molecular flexibility index (Phi) is 5.32. The van der Waals surface area contributed by atoms with Crippen LogP contribution in [0.15, 0.2) is 90.7 Å². The van der Waals surface area contributed by atoms with Gasteiger partial charge in [0.05, 0.1) is 5.57 Å². The number of aryl methyl sites for hydroxylation is 2. The smallest absolute Gasteiger partial charge is 0.283 e. The van der Waals surface area contributed by atoms with Crippen molar-refractivity contribution < 1.29 is 9.21 Å². The second kappa shape index (κ2) is 8.29. The number of amidine groups is 2. The van der Waals surface area contributed by atoms with Gasteiger partial charge < -0.3 is 4.42 Å². The predicted octanol–water partition coefficient (Wildman–Crippen LogP) is 5.72. The van der Waals surface area contributed by atoms with Crippen LogP contribution in [0.25, 0.3) is 6.08 Å². The molecule has 0 radical (unpaired) electrons. The van der Waals surface area contributed by atoms with E-state index in [4.69, 9.17) is 9.83 Å². The predicted molar refractivity (Wildman–Crippen MR) is 129 cm³/mol. The lowest BCUT2D eigenvalue weighted by Crippen LogP contribution is -2.35. The second-order valence-corrected chi connectivity index (χ2v) is 9.40. The molecule has 0 bridgehead atoms. The average Bonchev–Trinajstić information content (AvgIpc) is 3.40. The highest BCUT2D eigenvalue weighted by Gasteiger charge is 2.36. The number of carbonyl (C=O) groups is 1. The van der Waals surface area contributed by atoms with E-state index in [0.29, 0.717) is 21.1 Å². The van der Waals surface area contributed by atoms with Gasteiger partial charge in [-0.1, -0.05) is 59.3 Å². The highest BCUT2D eigenvalue weighted by molar-refractivity contribution is 8.27. The van der Waals surface area contributed by atoms with Gasteiger partial charge in [-0.15, -0.1) is 0 Å². The molecule has 2 aliphatic rings. The number of hydrogen-bond acceptors (Lipinski definition) is 6. The van der Waals surface area contributed by atoms with Crippen molar-refractivity contribution in [3.63, 3.8) is 0 Å². The monoisotopic (exact) mass is 458 g/mol. The number of benzene rings is 2. The van der Waals surface area contributed by atoms with Crippen LogP contribution in [0.4, 0.5) is 0 Å². The lowest BCUT2D eigenvalue weighted by molar-refractivity contribution is -0.114. The standard InChI is InChI=1S/C24H18N4O2S2/c1-14-3-7-16(8-4-14)23-27-28-21(25)19(22(29)26-24(28)32-23)13-17-9-12-20(30-17)31-18-10-5-15(2)6-11-18/h3-13,25H,1-2H3. The van der Waals surface area contributed by atoms with Crippen LogP contribution in [0.3, 0.4) is 0 Å². The summed E-state index contributed by atoms with van der Waals surface area (Å²) in [6, 6.07) is 19.7. The van der Waals surface area contributed by atoms with Gasteiger partial charge in [0, 0.05) is 10.5 Å². The molecule has 0 unspecified atom stereocenters. The van der Waals surface area contributed by atoms with Gasteiger partial charge in [-0.05, 0) is 56.0 Å². The Hall–Kier alpha value is -3.36. The van der Waals surface area contributed by atoms with Crippen LogP contribution < -0.4 is 0 Å². The number of aliphatic imine (C=N–C) groups is 1. The molecule has 32 heavy (non-hydrogen) atoms. The number of hydrazone groups is 1. The van der Waals surface area contributed by atoms with Crippen LogP contribution in [-0.2, 0) is 4.79 Å². The zero-order valence-corrected chi connectivity index (χ0v) is 19.0. The third-order valence-corrected chi connectivity index (χ3v) is 6.77. The molecule has 0 saturated carbocycles. The maximum atomic E-state index is 12.6. The number of nitrogens with zero attached hydrogens (tertiary/aromatic N) is 3. The quantitative estimate of drug-likeness (QED) is 0.506. The molecule has 158 valence electrons. The second-order valence-electron chi connectivity index (χ2n) is 7.36. The molecule has 0 atom stereocenters. The van der Waals surface area contributed by atoms with Crippen LogP contribution in [0.1, 0.15) is 22.5 Å². The molecular formula is C24H18N4O2S2. The Morgan fingerprint density at radius 1 is 1.00 bits per heavy atom. The summed E-state index contributed by atoms with van der Waals surface area (Å²) in [4.78, 5) is 17.8. The fourth-order valence-electron chi connectivity index (χ4n) is 3.14. The normalized spacial score (nSPS) is 16.9. The van der Waals surface area contributed by atoms with Gasteiger partial charge in [-0.25, -0.2) is 0 Å². The van der Waals surface area contributed by atoms with Gasteiger partial charge >= 0.3 is 0 Å². The van der Waals surface area contributed by atoms with E-state index in [0.717, 1.165) is 16.0 Å². The fraction of sp³-hybridized carbons (Fsp3) is 0.0833. The number of rotatable bonds is 4. The number of hydrogen-bond donors (Lipinski definition) is 1. The van der Waals surface area contributed by atoms with Crippen LogP contribution in [0.5, 0.6) is 0 Å². The maximum Gasteiger partial charge on any atom is 0.283 e. The summed E-state index contributed by atoms with van der Waals surface area (Å²) in [5.74, 6) is -0.00191. The first kappa shape index (κ1) is 20.5. The van der Waals surface area contributed by atoms with Crippen molar-refractivity contribution in [1.29, 1.82) is 5.41 Å². The topological polar surface area (TPSA) is 82.0 Å². The summed E-state index contributed by atoms with van der Waals surface area (Å²) in [6.45, 7) is 4.06. The zero-order valence-electron chi connectivity index (χ0n) is 17.3. The maximum absolute atomic E-state index is 12.6. The van der Waals surface area contributed by atoms with Crippen LogP contribution in [-0.4, -0.2) is 27.0 Å². The number of amides is 1. The molecule has 2 aromatic carbocycles. The first-order chi connectivity index (χ1) is 15.5. The van der Waals surface area contributed by atoms with Crippen LogP contribution >= 0.6 is 23.5 Å². The number of furan rings is 1. The lowest BCUT2D eigenvalue weighted by Gasteiger charge is -2.19. The Balaban J connectivity index is 1.38. The summed E-state index contributed by atoms with van der Waals surface area (Å²) < 4.78 is 5.86. The van der Waals surface area contributed by atoms with Crippen molar-refractivity contribution in [3.8, 4) is 0 Å². The Bertz CT molecular complexity index is 1320. The number of nitrogens with one attached hydrogen (secondary N) is 1. The Morgan fingerprint density at radius 3 is 2.41 bits per heavy atom. The molecule has 1 amide bonds. The largest absolute Gasteiger partial charge is 0.450 e. The molecule has 0 aliphatic carbocycles. The number of fused-ring (bicyclic) bond motifs is 1. The minimum atomic E-state index is -0.474. The Labute approximate surface area is 193 Å². The molecule has 0 fully saturated rings. The molecule has 0 spiro atoms. The fourth-order valence-corrected chi connectivity index (χ4v) is 4.81. The van der Waals surface area contributed by atoms with Crippen molar-refractivity contribution in [1.82, 2.24) is 5.01 Å². The van der Waals surface area contributed by atoms with Gasteiger partial charge in [0.2, 0.25) is 5.17 Å². The van der Waals surface area contributed by atoms with E-state index in [1.54, 1.807) is 12.1 Å². The molecule has 2 aliphatic heterocycles. The van der Waals surface area contributed by atoms with E-state index < -0.39 is 5.91 Å². The van der Waals surface area contributed by atoms with Crippen LogP contribution in [0, 0.1) is 19.3 Å². The molecule has 1 N–H and O–H groups in total. The van der Waals surface area contributed by atoms with E-state index in [1.807, 2.05) is 68.4 Å². The van der Waals surface area contributed by atoms with E-state index in [2.05, 4.69) is 10.1 Å². The van der Waals surface area contributed by atoms with Crippen molar-refractivity contribution in [2.24, 2.45) is 10.1 Å². The SMILES string of the molecule is Cc1ccc(Sc2ccc(C=C3C(=N)N4N=C(c5ccc(C)cc5)SC4=NC3=O)o2)cc1. The van der Waals surface area contributed by atoms with E-state index >= 15 is 0 Å². The molecular weight excluding hydrogens is 440 g/mol. The van der Waals surface area contributed by atoms with Gasteiger partial charge in [-0.2, -0.15) is 15.1 Å². The third kappa shape index (κ3) is 4.06. The summed E-state index contributed by atoms with van der Waals surface area (Å²) >= 11 is 2.78. The lowest BCUT2D eigenvalue weighted by atomic mass is 10.1. The van der Waals surface area contributed by atoms with Crippen molar-refractivity contribution in [2.45, 2.75) is 23.8 Å². The highest BCUT2D eigenvalue weighted by Crippen LogP contribution is 2.33. The number of carbonyl (C=O) groups excluding carboxylic acids is 1. The van der Waals surface area contributed by atoms with E-state index in [9.17, 15) is 4.79 Å². The van der Waals surface area contributed by atoms with E-state index in [-0.39, 0.29) is 11.4 Å².